The van der Waals surface area contributed by atoms with Crippen molar-refractivity contribution in [1.82, 2.24) is 4.90 Å². The Morgan fingerprint density at radius 1 is 1.36 bits per heavy atom. The molecule has 0 spiro atoms. The van der Waals surface area contributed by atoms with Crippen LogP contribution in [0.25, 0.3) is 0 Å². The van der Waals surface area contributed by atoms with Crippen molar-refractivity contribution in [2.75, 3.05) is 13.6 Å². The monoisotopic (exact) mass is 309 g/mol. The molecule has 3 unspecified atom stereocenters. The van der Waals surface area contributed by atoms with E-state index in [-0.39, 0.29) is 11.0 Å². The Kier molecular flexibility index (Phi) is 6.06. The fraction of sp³-hybridized carbons (Fsp3) is 0.800. The molecule has 1 rings (SSSR count). The molecule has 0 N–H and O–H groups in total. The van der Waals surface area contributed by atoms with Crippen molar-refractivity contribution < 1.29 is 4.39 Å². The summed E-state index contributed by atoms with van der Waals surface area (Å²) < 4.78 is 14.5. The van der Waals surface area contributed by atoms with E-state index in [1.807, 2.05) is 0 Å². The van der Waals surface area contributed by atoms with Gasteiger partial charge in [0, 0.05) is 12.1 Å². The minimum absolute atomic E-state index is 0.00949. The molecular formula is C20H36FN. The number of likely N-dealkylation sites (N-methyl/N-ethyl adjacent to an activating group) is 1. The van der Waals surface area contributed by atoms with Crippen molar-refractivity contribution in [2.45, 2.75) is 77.9 Å². The molecule has 1 nitrogen and oxygen atoms in total. The fourth-order valence-corrected chi connectivity index (χ4v) is 3.94. The minimum Gasteiger partial charge on any atom is -0.297 e. The van der Waals surface area contributed by atoms with Gasteiger partial charge in [0.2, 0.25) is 0 Å². The van der Waals surface area contributed by atoms with Crippen molar-refractivity contribution in [1.29, 1.82) is 0 Å². The molecule has 3 atom stereocenters. The Balaban J connectivity index is 3.09. The first-order valence-corrected chi connectivity index (χ1v) is 8.73. The second kappa shape index (κ2) is 6.86. The molecule has 0 radical (unpaired) electrons. The van der Waals surface area contributed by atoms with E-state index in [9.17, 15) is 4.39 Å². The number of hydrogen-bond acceptors (Lipinski definition) is 1. The van der Waals surface area contributed by atoms with Gasteiger partial charge >= 0.3 is 0 Å². The van der Waals surface area contributed by atoms with Crippen LogP contribution in [0.4, 0.5) is 4.39 Å². The number of rotatable bonds is 6. The van der Waals surface area contributed by atoms with Crippen LogP contribution in [0.1, 0.15) is 66.7 Å². The van der Waals surface area contributed by atoms with E-state index in [0.717, 1.165) is 25.8 Å². The lowest BCUT2D eigenvalue weighted by molar-refractivity contribution is 0.0396. The Labute approximate surface area is 137 Å². The molecule has 2 heteroatoms. The summed E-state index contributed by atoms with van der Waals surface area (Å²) in [7, 11) is 2.12. The highest BCUT2D eigenvalue weighted by Gasteiger charge is 2.48. The Morgan fingerprint density at radius 3 is 2.45 bits per heavy atom. The number of alkyl halides is 1. The molecule has 1 heterocycles. The third kappa shape index (κ3) is 3.82. The molecule has 0 aromatic carbocycles. The summed E-state index contributed by atoms with van der Waals surface area (Å²) in [6.07, 6.45) is 6.17. The standard InChI is InChI=1S/C20H36FN/c1-9-16(3)17(4)15-18(5,6)20(10-2)12-11-19(7,21)13-14-22(20)8/h10,16H,2,4,9,11-15H2,1,3,5-8H3. The second-order valence-electron chi connectivity index (χ2n) is 8.24. The average molecular weight is 310 g/mol. The SMILES string of the molecule is C=CC1(C(C)(C)CC(=C)C(C)CC)CCC(C)(F)CCN1C. The zero-order valence-corrected chi connectivity index (χ0v) is 15.6. The van der Waals surface area contributed by atoms with Gasteiger partial charge < -0.3 is 0 Å². The van der Waals surface area contributed by atoms with Gasteiger partial charge in [-0.1, -0.05) is 45.9 Å². The van der Waals surface area contributed by atoms with Gasteiger partial charge in [0.05, 0.1) is 0 Å². The summed E-state index contributed by atoms with van der Waals surface area (Å²) in [6.45, 7) is 20.0. The summed E-state index contributed by atoms with van der Waals surface area (Å²) in [6, 6.07) is 0. The minimum atomic E-state index is -1.07. The first kappa shape index (κ1) is 19.4. The van der Waals surface area contributed by atoms with Crippen LogP contribution in [0.2, 0.25) is 0 Å². The van der Waals surface area contributed by atoms with Crippen LogP contribution in [-0.4, -0.2) is 29.7 Å². The van der Waals surface area contributed by atoms with Crippen LogP contribution >= 0.6 is 0 Å². The molecule has 1 aliphatic rings. The van der Waals surface area contributed by atoms with Crippen LogP contribution in [0, 0.1) is 11.3 Å². The summed E-state index contributed by atoms with van der Waals surface area (Å²) in [5.41, 5.74) is 0.0509. The lowest BCUT2D eigenvalue weighted by Gasteiger charge is -2.51. The van der Waals surface area contributed by atoms with Crippen molar-refractivity contribution in [3.05, 3.63) is 24.8 Å². The predicted octanol–water partition coefficient (Wildman–Crippen LogP) is 5.77. The number of likely N-dealkylation sites (tertiary alicyclic amines) is 1. The molecule has 128 valence electrons. The Hall–Kier alpha value is -0.630. The van der Waals surface area contributed by atoms with E-state index < -0.39 is 5.67 Å². The molecule has 0 aromatic rings. The molecule has 0 saturated carbocycles. The van der Waals surface area contributed by atoms with Crippen LogP contribution in [-0.2, 0) is 0 Å². The van der Waals surface area contributed by atoms with Crippen molar-refractivity contribution in [3.8, 4) is 0 Å². The molecule has 0 aromatic heterocycles. The average Bonchev–Trinajstić information content (AvgIpc) is 2.55. The first-order valence-electron chi connectivity index (χ1n) is 8.73. The van der Waals surface area contributed by atoms with Crippen molar-refractivity contribution in [2.24, 2.45) is 11.3 Å². The van der Waals surface area contributed by atoms with E-state index in [1.165, 1.54) is 5.57 Å². The smallest absolute Gasteiger partial charge is 0.109 e. The van der Waals surface area contributed by atoms with E-state index in [0.29, 0.717) is 18.8 Å². The van der Waals surface area contributed by atoms with Gasteiger partial charge in [0.15, 0.2) is 0 Å². The molecule has 1 fully saturated rings. The summed E-state index contributed by atoms with van der Waals surface area (Å²) >= 11 is 0. The highest BCUT2D eigenvalue weighted by Crippen LogP contribution is 2.48. The van der Waals surface area contributed by atoms with E-state index in [4.69, 9.17) is 0 Å². The van der Waals surface area contributed by atoms with Crippen LogP contribution in [0.15, 0.2) is 24.8 Å². The van der Waals surface area contributed by atoms with Gasteiger partial charge in [-0.05, 0) is 57.4 Å². The van der Waals surface area contributed by atoms with Crippen LogP contribution in [0.3, 0.4) is 0 Å². The lowest BCUT2D eigenvalue weighted by atomic mass is 9.64. The third-order valence-corrected chi connectivity index (χ3v) is 6.16. The van der Waals surface area contributed by atoms with Gasteiger partial charge in [-0.25, -0.2) is 4.39 Å². The third-order valence-electron chi connectivity index (χ3n) is 6.16. The van der Waals surface area contributed by atoms with Crippen LogP contribution in [0.5, 0.6) is 0 Å². The van der Waals surface area contributed by atoms with Gasteiger partial charge in [0.25, 0.3) is 0 Å². The van der Waals surface area contributed by atoms with Crippen molar-refractivity contribution >= 4 is 0 Å². The molecule has 1 saturated heterocycles. The molecular weight excluding hydrogens is 273 g/mol. The largest absolute Gasteiger partial charge is 0.297 e. The summed E-state index contributed by atoms with van der Waals surface area (Å²) in [4.78, 5) is 2.33. The van der Waals surface area contributed by atoms with Crippen molar-refractivity contribution in [3.63, 3.8) is 0 Å². The quantitative estimate of drug-likeness (QED) is 0.563. The topological polar surface area (TPSA) is 3.24 Å². The Morgan fingerprint density at radius 2 is 1.95 bits per heavy atom. The first-order chi connectivity index (χ1) is 10.0. The van der Waals surface area contributed by atoms with Gasteiger partial charge in [-0.15, -0.1) is 6.58 Å². The predicted molar refractivity (Wildman–Crippen MR) is 95.9 cm³/mol. The van der Waals surface area contributed by atoms with Gasteiger partial charge in [-0.2, -0.15) is 0 Å². The highest BCUT2D eigenvalue weighted by molar-refractivity contribution is 5.18. The molecule has 0 bridgehead atoms. The molecule has 1 aliphatic heterocycles. The fourth-order valence-electron chi connectivity index (χ4n) is 3.94. The van der Waals surface area contributed by atoms with Gasteiger partial charge in [-0.3, -0.25) is 4.90 Å². The van der Waals surface area contributed by atoms with E-state index in [2.05, 4.69) is 58.9 Å². The lowest BCUT2D eigenvalue weighted by Crippen LogP contribution is -2.55. The zero-order chi connectivity index (χ0) is 17.2. The van der Waals surface area contributed by atoms with E-state index in [1.54, 1.807) is 6.92 Å². The number of nitrogens with zero attached hydrogens (tertiary/aromatic N) is 1. The molecule has 22 heavy (non-hydrogen) atoms. The summed E-state index contributed by atoms with van der Waals surface area (Å²) in [5, 5.41) is 0. The van der Waals surface area contributed by atoms with Gasteiger partial charge in [0.1, 0.15) is 5.67 Å². The van der Waals surface area contributed by atoms with Crippen LogP contribution < -0.4 is 0 Å². The zero-order valence-electron chi connectivity index (χ0n) is 15.6. The van der Waals surface area contributed by atoms with E-state index >= 15 is 0 Å². The second-order valence-corrected chi connectivity index (χ2v) is 8.24. The summed E-state index contributed by atoms with van der Waals surface area (Å²) in [5.74, 6) is 0.531. The Bertz CT molecular complexity index is 410. The maximum Gasteiger partial charge on any atom is 0.109 e. The number of halogens is 1. The molecule has 0 aliphatic carbocycles. The normalized spacial score (nSPS) is 32.3. The maximum absolute atomic E-state index is 14.5. The highest BCUT2D eigenvalue weighted by atomic mass is 19.1. The molecule has 0 amide bonds. The number of allylic oxidation sites excluding steroid dienone is 1. The number of hydrogen-bond donors (Lipinski definition) is 0. The maximum atomic E-state index is 14.5.